The third-order valence-corrected chi connectivity index (χ3v) is 3.26. The summed E-state index contributed by atoms with van der Waals surface area (Å²) in [5.41, 5.74) is 0.383. The van der Waals surface area contributed by atoms with Gasteiger partial charge >= 0.3 is 0 Å². The van der Waals surface area contributed by atoms with Crippen molar-refractivity contribution in [2.45, 2.75) is 20.3 Å². The molecule has 0 unspecified atom stereocenters. The van der Waals surface area contributed by atoms with Gasteiger partial charge in [0.25, 0.3) is 5.91 Å². The standard InChI is InChI=1S/C16H19NO2/c1-3-9-17(4-2)16(19)14-10-12-7-5-6-8-13(12)11-15(14)18/h5-8,10-11,18H,3-4,9H2,1-2H3. The minimum absolute atomic E-state index is 0.0539. The number of carbonyl (C=O) groups is 1. The van der Waals surface area contributed by atoms with E-state index in [1.165, 1.54) is 0 Å². The number of nitrogens with zero attached hydrogens (tertiary/aromatic N) is 1. The van der Waals surface area contributed by atoms with Crippen LogP contribution in [0.25, 0.3) is 10.8 Å². The number of aromatic hydroxyl groups is 1. The van der Waals surface area contributed by atoms with E-state index in [2.05, 4.69) is 0 Å². The zero-order valence-corrected chi connectivity index (χ0v) is 11.4. The van der Waals surface area contributed by atoms with Gasteiger partial charge in [0, 0.05) is 13.1 Å². The second kappa shape index (κ2) is 5.74. The van der Waals surface area contributed by atoms with Crippen LogP contribution in [0.15, 0.2) is 36.4 Å². The fourth-order valence-corrected chi connectivity index (χ4v) is 2.24. The van der Waals surface area contributed by atoms with E-state index >= 15 is 0 Å². The lowest BCUT2D eigenvalue weighted by molar-refractivity contribution is 0.0761. The van der Waals surface area contributed by atoms with Crippen molar-refractivity contribution in [2.24, 2.45) is 0 Å². The number of phenolic OH excluding ortho intramolecular Hbond substituents is 1. The number of hydrogen-bond donors (Lipinski definition) is 1. The Labute approximate surface area is 113 Å². The van der Waals surface area contributed by atoms with Crippen LogP contribution >= 0.6 is 0 Å². The first-order chi connectivity index (χ1) is 9.17. The van der Waals surface area contributed by atoms with E-state index in [0.29, 0.717) is 18.7 Å². The van der Waals surface area contributed by atoms with Crippen molar-refractivity contribution >= 4 is 16.7 Å². The Morgan fingerprint density at radius 1 is 1.16 bits per heavy atom. The largest absolute Gasteiger partial charge is 0.507 e. The molecule has 19 heavy (non-hydrogen) atoms. The van der Waals surface area contributed by atoms with Gasteiger partial charge in [-0.3, -0.25) is 4.79 Å². The second-order valence-electron chi connectivity index (χ2n) is 4.60. The maximum Gasteiger partial charge on any atom is 0.257 e. The van der Waals surface area contributed by atoms with Gasteiger partial charge in [-0.15, -0.1) is 0 Å². The van der Waals surface area contributed by atoms with Gasteiger partial charge in [0.1, 0.15) is 5.75 Å². The molecule has 0 spiro atoms. The van der Waals surface area contributed by atoms with E-state index in [1.54, 1.807) is 17.0 Å². The summed E-state index contributed by atoms with van der Waals surface area (Å²) >= 11 is 0. The molecule has 0 saturated carbocycles. The molecule has 0 saturated heterocycles. The molecule has 0 heterocycles. The lowest BCUT2D eigenvalue weighted by atomic mass is 10.0. The molecule has 2 aromatic carbocycles. The van der Waals surface area contributed by atoms with E-state index < -0.39 is 0 Å². The van der Waals surface area contributed by atoms with Gasteiger partial charge in [-0.2, -0.15) is 0 Å². The smallest absolute Gasteiger partial charge is 0.257 e. The normalized spacial score (nSPS) is 10.6. The summed E-state index contributed by atoms with van der Waals surface area (Å²) in [6, 6.07) is 11.1. The van der Waals surface area contributed by atoms with Crippen LogP contribution in [0.1, 0.15) is 30.6 Å². The van der Waals surface area contributed by atoms with Crippen LogP contribution in [-0.4, -0.2) is 29.0 Å². The summed E-state index contributed by atoms with van der Waals surface area (Å²) in [6.07, 6.45) is 0.911. The topological polar surface area (TPSA) is 40.5 Å². The Kier molecular flexibility index (Phi) is 4.05. The molecule has 3 nitrogen and oxygen atoms in total. The number of fused-ring (bicyclic) bond motifs is 1. The van der Waals surface area contributed by atoms with Gasteiger partial charge in [-0.1, -0.05) is 31.2 Å². The predicted molar refractivity (Wildman–Crippen MR) is 77.5 cm³/mol. The fourth-order valence-electron chi connectivity index (χ4n) is 2.24. The van der Waals surface area contributed by atoms with Gasteiger partial charge in [0.2, 0.25) is 0 Å². The molecule has 0 bridgehead atoms. The Hall–Kier alpha value is -2.03. The lowest BCUT2D eigenvalue weighted by Crippen LogP contribution is -2.31. The van der Waals surface area contributed by atoms with Crippen molar-refractivity contribution in [3.8, 4) is 5.75 Å². The van der Waals surface area contributed by atoms with Crippen LogP contribution < -0.4 is 0 Å². The monoisotopic (exact) mass is 257 g/mol. The van der Waals surface area contributed by atoms with E-state index in [-0.39, 0.29) is 11.7 Å². The van der Waals surface area contributed by atoms with E-state index in [1.807, 2.05) is 38.1 Å². The van der Waals surface area contributed by atoms with Crippen molar-refractivity contribution in [1.29, 1.82) is 0 Å². The Morgan fingerprint density at radius 3 is 2.37 bits per heavy atom. The third kappa shape index (κ3) is 2.70. The maximum absolute atomic E-state index is 12.4. The van der Waals surface area contributed by atoms with E-state index in [9.17, 15) is 9.90 Å². The van der Waals surface area contributed by atoms with Crippen molar-refractivity contribution in [1.82, 2.24) is 4.90 Å². The molecule has 0 aromatic heterocycles. The molecular weight excluding hydrogens is 238 g/mol. The molecule has 3 heteroatoms. The molecule has 1 amide bonds. The molecule has 100 valence electrons. The van der Waals surface area contributed by atoms with Crippen molar-refractivity contribution in [2.75, 3.05) is 13.1 Å². The number of phenols is 1. The summed E-state index contributed by atoms with van der Waals surface area (Å²) in [4.78, 5) is 14.2. The molecule has 0 aliphatic carbocycles. The summed E-state index contributed by atoms with van der Waals surface area (Å²) in [7, 11) is 0. The fraction of sp³-hybridized carbons (Fsp3) is 0.312. The quantitative estimate of drug-likeness (QED) is 0.911. The number of benzene rings is 2. The first-order valence-electron chi connectivity index (χ1n) is 6.68. The molecule has 2 rings (SSSR count). The zero-order chi connectivity index (χ0) is 13.8. The van der Waals surface area contributed by atoms with Gasteiger partial charge in [0.15, 0.2) is 0 Å². The number of carbonyl (C=O) groups excluding carboxylic acids is 1. The van der Waals surface area contributed by atoms with Gasteiger partial charge in [-0.05, 0) is 36.2 Å². The summed E-state index contributed by atoms with van der Waals surface area (Å²) < 4.78 is 0. The first kappa shape index (κ1) is 13.4. The molecule has 0 fully saturated rings. The van der Waals surface area contributed by atoms with Crippen LogP contribution in [0.2, 0.25) is 0 Å². The van der Waals surface area contributed by atoms with Crippen LogP contribution in [0.4, 0.5) is 0 Å². The van der Waals surface area contributed by atoms with E-state index in [0.717, 1.165) is 17.2 Å². The average molecular weight is 257 g/mol. The van der Waals surface area contributed by atoms with Crippen LogP contribution in [0.5, 0.6) is 5.75 Å². The zero-order valence-electron chi connectivity index (χ0n) is 11.4. The highest BCUT2D eigenvalue weighted by Crippen LogP contribution is 2.26. The minimum atomic E-state index is -0.104. The summed E-state index contributed by atoms with van der Waals surface area (Å²) in [6.45, 7) is 5.35. The van der Waals surface area contributed by atoms with Crippen molar-refractivity contribution in [3.63, 3.8) is 0 Å². The first-order valence-corrected chi connectivity index (χ1v) is 6.68. The predicted octanol–water partition coefficient (Wildman–Crippen LogP) is 3.42. The van der Waals surface area contributed by atoms with Crippen LogP contribution in [0.3, 0.4) is 0 Å². The molecule has 0 atom stereocenters. The average Bonchev–Trinajstić information content (AvgIpc) is 2.43. The molecule has 2 aromatic rings. The van der Waals surface area contributed by atoms with Crippen LogP contribution in [-0.2, 0) is 0 Å². The number of amides is 1. The SMILES string of the molecule is CCCN(CC)C(=O)c1cc2ccccc2cc1O. The third-order valence-electron chi connectivity index (χ3n) is 3.26. The van der Waals surface area contributed by atoms with Gasteiger partial charge < -0.3 is 10.0 Å². The minimum Gasteiger partial charge on any atom is -0.507 e. The van der Waals surface area contributed by atoms with Crippen molar-refractivity contribution < 1.29 is 9.90 Å². The maximum atomic E-state index is 12.4. The highest BCUT2D eigenvalue weighted by molar-refractivity contribution is 6.01. The Balaban J connectivity index is 2.43. The van der Waals surface area contributed by atoms with Gasteiger partial charge in [0.05, 0.1) is 5.56 Å². The highest BCUT2D eigenvalue weighted by atomic mass is 16.3. The van der Waals surface area contributed by atoms with Crippen LogP contribution in [0, 0.1) is 0 Å². The highest BCUT2D eigenvalue weighted by Gasteiger charge is 2.17. The Bertz CT molecular complexity index is 592. The van der Waals surface area contributed by atoms with E-state index in [4.69, 9.17) is 0 Å². The molecule has 1 N–H and O–H groups in total. The molecule has 0 radical (unpaired) electrons. The molecule has 0 aliphatic heterocycles. The van der Waals surface area contributed by atoms with Gasteiger partial charge in [-0.25, -0.2) is 0 Å². The Morgan fingerprint density at radius 2 is 1.79 bits per heavy atom. The lowest BCUT2D eigenvalue weighted by Gasteiger charge is -2.20. The van der Waals surface area contributed by atoms with Crippen molar-refractivity contribution in [3.05, 3.63) is 42.0 Å². The summed E-state index contributed by atoms with van der Waals surface area (Å²) in [5, 5.41) is 12.0. The number of hydrogen-bond acceptors (Lipinski definition) is 2. The molecular formula is C16H19NO2. The second-order valence-corrected chi connectivity index (χ2v) is 4.60. The molecule has 0 aliphatic rings. The number of rotatable bonds is 4. The summed E-state index contributed by atoms with van der Waals surface area (Å²) in [5.74, 6) is -0.0501.